The molecule has 0 radical (unpaired) electrons. The van der Waals surface area contributed by atoms with Gasteiger partial charge in [-0.1, -0.05) is 23.7 Å². The SMILES string of the molecule is CCOc1c(Cl)cc(C(=O)NNC(=O)[C@@H]2COc3ccccc3O2)cc1OC. The van der Waals surface area contributed by atoms with Gasteiger partial charge in [0.25, 0.3) is 11.8 Å². The lowest BCUT2D eigenvalue weighted by Crippen LogP contribution is -2.50. The van der Waals surface area contributed by atoms with Crippen LogP contribution in [0.25, 0.3) is 0 Å². The molecule has 1 atom stereocenters. The van der Waals surface area contributed by atoms with Crippen molar-refractivity contribution in [3.8, 4) is 23.0 Å². The van der Waals surface area contributed by atoms with Gasteiger partial charge in [0.1, 0.15) is 6.61 Å². The van der Waals surface area contributed by atoms with Crippen molar-refractivity contribution in [2.75, 3.05) is 20.3 Å². The van der Waals surface area contributed by atoms with Gasteiger partial charge in [-0.15, -0.1) is 0 Å². The number of ether oxygens (including phenoxy) is 4. The highest BCUT2D eigenvalue weighted by molar-refractivity contribution is 6.32. The number of benzene rings is 2. The lowest BCUT2D eigenvalue weighted by atomic mass is 10.2. The van der Waals surface area contributed by atoms with E-state index in [0.717, 1.165) is 0 Å². The third-order valence-electron chi connectivity index (χ3n) is 3.88. The minimum Gasteiger partial charge on any atom is -0.493 e. The number of fused-ring (bicyclic) bond motifs is 1. The molecule has 1 aliphatic heterocycles. The van der Waals surface area contributed by atoms with Crippen LogP contribution < -0.4 is 29.8 Å². The second kappa shape index (κ2) is 8.71. The first-order chi connectivity index (χ1) is 13.5. The van der Waals surface area contributed by atoms with Gasteiger partial charge < -0.3 is 18.9 Å². The van der Waals surface area contributed by atoms with Crippen LogP contribution in [-0.4, -0.2) is 38.2 Å². The van der Waals surface area contributed by atoms with Gasteiger partial charge in [-0.3, -0.25) is 20.4 Å². The molecule has 8 nitrogen and oxygen atoms in total. The average molecular weight is 407 g/mol. The topological polar surface area (TPSA) is 95.1 Å². The van der Waals surface area contributed by atoms with Crippen molar-refractivity contribution in [2.45, 2.75) is 13.0 Å². The van der Waals surface area contributed by atoms with Crippen LogP contribution in [-0.2, 0) is 4.79 Å². The molecule has 0 saturated heterocycles. The van der Waals surface area contributed by atoms with Gasteiger partial charge in [-0.25, -0.2) is 0 Å². The molecule has 1 aliphatic rings. The van der Waals surface area contributed by atoms with E-state index in [9.17, 15) is 9.59 Å². The number of hydrogen-bond donors (Lipinski definition) is 2. The number of amides is 2. The molecule has 148 valence electrons. The van der Waals surface area contributed by atoms with Gasteiger partial charge in [0.2, 0.25) is 6.10 Å². The third kappa shape index (κ3) is 4.23. The molecule has 2 aromatic rings. The number of carbonyl (C=O) groups excluding carboxylic acids is 2. The Balaban J connectivity index is 1.63. The minimum atomic E-state index is -0.895. The second-order valence-electron chi connectivity index (χ2n) is 5.73. The van der Waals surface area contributed by atoms with Crippen LogP contribution >= 0.6 is 11.6 Å². The summed E-state index contributed by atoms with van der Waals surface area (Å²) < 4.78 is 21.7. The number of carbonyl (C=O) groups is 2. The van der Waals surface area contributed by atoms with E-state index < -0.39 is 17.9 Å². The van der Waals surface area contributed by atoms with Crippen molar-refractivity contribution in [2.24, 2.45) is 0 Å². The molecule has 0 aliphatic carbocycles. The van der Waals surface area contributed by atoms with Crippen LogP contribution in [0.4, 0.5) is 0 Å². The van der Waals surface area contributed by atoms with Crippen molar-refractivity contribution in [3.63, 3.8) is 0 Å². The molecule has 0 fully saturated rings. The standard InChI is InChI=1S/C19H19ClN2O6/c1-3-26-17-12(20)8-11(9-15(17)25-2)18(23)21-22-19(24)16-10-27-13-6-4-5-7-14(13)28-16/h4-9,16H,3,10H2,1-2H3,(H,21,23)(H,22,24)/t16-/m0/s1. The quantitative estimate of drug-likeness (QED) is 0.740. The van der Waals surface area contributed by atoms with Gasteiger partial charge in [-0.2, -0.15) is 0 Å². The van der Waals surface area contributed by atoms with E-state index in [1.165, 1.54) is 19.2 Å². The molecule has 2 aromatic carbocycles. The fourth-order valence-electron chi connectivity index (χ4n) is 2.56. The highest BCUT2D eigenvalue weighted by Crippen LogP contribution is 2.36. The Hall–Kier alpha value is -3.13. The first kappa shape index (κ1) is 19.6. The Morgan fingerprint density at radius 1 is 1.21 bits per heavy atom. The fraction of sp³-hybridized carbons (Fsp3) is 0.263. The van der Waals surface area contributed by atoms with Crippen molar-refractivity contribution >= 4 is 23.4 Å². The van der Waals surface area contributed by atoms with Crippen LogP contribution in [0.5, 0.6) is 23.0 Å². The summed E-state index contributed by atoms with van der Waals surface area (Å²) in [6.07, 6.45) is -0.895. The van der Waals surface area contributed by atoms with E-state index in [0.29, 0.717) is 29.6 Å². The molecule has 9 heteroatoms. The van der Waals surface area contributed by atoms with E-state index >= 15 is 0 Å². The van der Waals surface area contributed by atoms with Crippen LogP contribution in [0.1, 0.15) is 17.3 Å². The molecule has 0 saturated carbocycles. The van der Waals surface area contributed by atoms with E-state index in [2.05, 4.69) is 10.9 Å². The third-order valence-corrected chi connectivity index (χ3v) is 4.16. The summed E-state index contributed by atoms with van der Waals surface area (Å²) in [7, 11) is 1.44. The Kier molecular flexibility index (Phi) is 6.10. The van der Waals surface area contributed by atoms with E-state index in [-0.39, 0.29) is 17.2 Å². The van der Waals surface area contributed by atoms with E-state index in [4.69, 9.17) is 30.5 Å². The van der Waals surface area contributed by atoms with Gasteiger partial charge in [0.15, 0.2) is 23.0 Å². The summed E-state index contributed by atoms with van der Waals surface area (Å²) in [6.45, 7) is 2.23. The fourth-order valence-corrected chi connectivity index (χ4v) is 2.82. The highest BCUT2D eigenvalue weighted by atomic mass is 35.5. The number of methoxy groups -OCH3 is 1. The number of para-hydroxylation sites is 2. The van der Waals surface area contributed by atoms with Crippen molar-refractivity contribution in [3.05, 3.63) is 47.0 Å². The maximum Gasteiger partial charge on any atom is 0.283 e. The Labute approximate surface area is 166 Å². The predicted octanol–water partition coefficient (Wildman–Crippen LogP) is 2.35. The number of hydrazine groups is 1. The Morgan fingerprint density at radius 3 is 2.68 bits per heavy atom. The summed E-state index contributed by atoms with van der Waals surface area (Å²) >= 11 is 6.16. The molecule has 2 N–H and O–H groups in total. The highest BCUT2D eigenvalue weighted by Gasteiger charge is 2.27. The van der Waals surface area contributed by atoms with Crippen molar-refractivity contribution in [1.29, 1.82) is 0 Å². The monoisotopic (exact) mass is 406 g/mol. The summed E-state index contributed by atoms with van der Waals surface area (Å²) in [4.78, 5) is 24.6. The van der Waals surface area contributed by atoms with Gasteiger partial charge in [-0.05, 0) is 31.2 Å². The lowest BCUT2D eigenvalue weighted by molar-refractivity contribution is -0.131. The molecular weight excluding hydrogens is 388 g/mol. The van der Waals surface area contributed by atoms with Crippen molar-refractivity contribution in [1.82, 2.24) is 10.9 Å². The zero-order valence-corrected chi connectivity index (χ0v) is 16.0. The Bertz CT molecular complexity index is 889. The number of halogens is 1. The minimum absolute atomic E-state index is 0.0292. The van der Waals surface area contributed by atoms with E-state index in [1.54, 1.807) is 31.2 Å². The van der Waals surface area contributed by atoms with Crippen LogP contribution in [0.3, 0.4) is 0 Å². The molecule has 28 heavy (non-hydrogen) atoms. The zero-order chi connectivity index (χ0) is 20.1. The molecule has 3 rings (SSSR count). The van der Waals surface area contributed by atoms with Crippen LogP contribution in [0.15, 0.2) is 36.4 Å². The Morgan fingerprint density at radius 2 is 1.96 bits per heavy atom. The first-order valence-electron chi connectivity index (χ1n) is 8.52. The molecule has 0 unspecified atom stereocenters. The zero-order valence-electron chi connectivity index (χ0n) is 15.3. The number of rotatable bonds is 5. The lowest BCUT2D eigenvalue weighted by Gasteiger charge is -2.25. The second-order valence-corrected chi connectivity index (χ2v) is 6.14. The first-order valence-corrected chi connectivity index (χ1v) is 8.90. The number of nitrogens with one attached hydrogen (secondary N) is 2. The molecule has 0 aromatic heterocycles. The van der Waals surface area contributed by atoms with Crippen LogP contribution in [0, 0.1) is 0 Å². The summed E-state index contributed by atoms with van der Waals surface area (Å²) in [6, 6.07) is 9.91. The summed E-state index contributed by atoms with van der Waals surface area (Å²) in [5.41, 5.74) is 4.83. The van der Waals surface area contributed by atoms with Gasteiger partial charge >= 0.3 is 0 Å². The molecular formula is C19H19ClN2O6. The normalized spacial score (nSPS) is 14.8. The smallest absolute Gasteiger partial charge is 0.283 e. The molecule has 0 bridgehead atoms. The average Bonchev–Trinajstić information content (AvgIpc) is 2.72. The van der Waals surface area contributed by atoms with Gasteiger partial charge in [0.05, 0.1) is 18.7 Å². The van der Waals surface area contributed by atoms with E-state index in [1.807, 2.05) is 0 Å². The maximum absolute atomic E-state index is 12.4. The maximum atomic E-state index is 12.4. The molecule has 0 spiro atoms. The molecule has 1 heterocycles. The van der Waals surface area contributed by atoms with Crippen LogP contribution in [0.2, 0.25) is 5.02 Å². The molecule has 2 amide bonds. The summed E-state index contributed by atoms with van der Waals surface area (Å²) in [5, 5.41) is 0.221. The number of hydrogen-bond acceptors (Lipinski definition) is 6. The summed E-state index contributed by atoms with van der Waals surface area (Å²) in [5.74, 6) is 0.556. The predicted molar refractivity (Wildman–Crippen MR) is 101 cm³/mol. The van der Waals surface area contributed by atoms with Crippen molar-refractivity contribution < 1.29 is 28.5 Å². The van der Waals surface area contributed by atoms with Gasteiger partial charge in [0, 0.05) is 5.56 Å². The largest absolute Gasteiger partial charge is 0.493 e.